The molecule has 0 saturated heterocycles. The molecule has 24 heavy (non-hydrogen) atoms. The molecule has 0 rings (SSSR count). The third-order valence-corrected chi connectivity index (χ3v) is 3.21. The van der Waals surface area contributed by atoms with Gasteiger partial charge in [0.1, 0.15) is 11.2 Å². The Morgan fingerprint density at radius 1 is 0.917 bits per heavy atom. The van der Waals surface area contributed by atoms with Gasteiger partial charge in [0.25, 0.3) is 10.1 Å². The second-order valence-electron chi connectivity index (χ2n) is 7.38. The molecule has 9 nitrogen and oxygen atoms in total. The summed E-state index contributed by atoms with van der Waals surface area (Å²) in [6.07, 6.45) is -1.44. The SMILES string of the molecule is CC(C)(C)OC(=O)NCC(CNC(=O)OC(C)(C)C)CS(=O)(=O)O. The maximum Gasteiger partial charge on any atom is 0.407 e. The second kappa shape index (κ2) is 8.52. The third-order valence-electron chi connectivity index (χ3n) is 2.31. The molecule has 0 spiro atoms. The van der Waals surface area contributed by atoms with Crippen molar-refractivity contribution in [2.75, 3.05) is 18.8 Å². The number of alkyl carbamates (subject to hydrolysis) is 2. The summed E-state index contributed by atoms with van der Waals surface area (Å²) in [5.74, 6) is -1.38. The fraction of sp³-hybridized carbons (Fsp3) is 0.857. The van der Waals surface area contributed by atoms with Crippen LogP contribution in [0.25, 0.3) is 0 Å². The largest absolute Gasteiger partial charge is 0.444 e. The average Bonchev–Trinajstić information content (AvgIpc) is 2.26. The van der Waals surface area contributed by atoms with Crippen LogP contribution in [0.4, 0.5) is 9.59 Å². The zero-order valence-electron chi connectivity index (χ0n) is 15.0. The standard InChI is InChI=1S/C14H28N2O7S/c1-13(2,3)22-11(17)15-7-10(9-24(19,20)21)8-16-12(18)23-14(4,5)6/h10H,7-9H2,1-6H3,(H,15,17)(H,16,18)(H,19,20,21). The highest BCUT2D eigenvalue weighted by Gasteiger charge is 2.22. The van der Waals surface area contributed by atoms with E-state index in [1.807, 2.05) is 0 Å². The normalized spacial score (nSPS) is 12.7. The Balaban J connectivity index is 4.60. The predicted molar refractivity (Wildman–Crippen MR) is 88.4 cm³/mol. The Bertz CT molecular complexity index is 500. The van der Waals surface area contributed by atoms with Crippen LogP contribution < -0.4 is 10.6 Å². The van der Waals surface area contributed by atoms with Crippen molar-refractivity contribution in [3.63, 3.8) is 0 Å². The predicted octanol–water partition coefficient (Wildman–Crippen LogP) is 1.54. The van der Waals surface area contributed by atoms with Gasteiger partial charge in [-0.15, -0.1) is 0 Å². The number of nitrogens with one attached hydrogen (secondary N) is 2. The molecule has 0 heterocycles. The molecule has 10 heteroatoms. The van der Waals surface area contributed by atoms with E-state index in [0.717, 1.165) is 0 Å². The van der Waals surface area contributed by atoms with E-state index in [1.54, 1.807) is 41.5 Å². The molecule has 0 bridgehead atoms. The first-order valence-electron chi connectivity index (χ1n) is 7.46. The van der Waals surface area contributed by atoms with E-state index in [4.69, 9.17) is 14.0 Å². The van der Waals surface area contributed by atoms with E-state index in [0.29, 0.717) is 0 Å². The Kier molecular flexibility index (Phi) is 7.97. The summed E-state index contributed by atoms with van der Waals surface area (Å²) < 4.78 is 41.2. The molecule has 0 aliphatic heterocycles. The minimum atomic E-state index is -4.27. The second-order valence-corrected chi connectivity index (χ2v) is 8.88. The number of hydrogen-bond donors (Lipinski definition) is 3. The van der Waals surface area contributed by atoms with Gasteiger partial charge in [-0.3, -0.25) is 4.55 Å². The number of carbonyl (C=O) groups excluding carboxylic acids is 2. The number of ether oxygens (including phenoxy) is 2. The van der Waals surface area contributed by atoms with E-state index < -0.39 is 45.2 Å². The first-order valence-corrected chi connectivity index (χ1v) is 9.07. The maximum atomic E-state index is 11.6. The summed E-state index contributed by atoms with van der Waals surface area (Å²) >= 11 is 0. The van der Waals surface area contributed by atoms with Crippen LogP contribution in [0, 0.1) is 5.92 Å². The van der Waals surface area contributed by atoms with E-state index in [1.165, 1.54) is 0 Å². The van der Waals surface area contributed by atoms with Gasteiger partial charge in [0, 0.05) is 19.0 Å². The fourth-order valence-corrected chi connectivity index (χ4v) is 2.40. The van der Waals surface area contributed by atoms with Gasteiger partial charge in [0.05, 0.1) is 5.75 Å². The fourth-order valence-electron chi connectivity index (χ4n) is 1.57. The minimum absolute atomic E-state index is 0.107. The van der Waals surface area contributed by atoms with Crippen LogP contribution in [0.3, 0.4) is 0 Å². The van der Waals surface area contributed by atoms with E-state index in [9.17, 15) is 18.0 Å². The summed E-state index contributed by atoms with van der Waals surface area (Å²) in [6.45, 7) is 9.91. The van der Waals surface area contributed by atoms with Gasteiger partial charge in [-0.2, -0.15) is 8.42 Å². The Morgan fingerprint density at radius 2 is 1.25 bits per heavy atom. The smallest absolute Gasteiger partial charge is 0.407 e. The summed E-state index contributed by atoms with van der Waals surface area (Å²) in [6, 6.07) is 0. The molecule has 0 aliphatic rings. The van der Waals surface area contributed by atoms with E-state index in [2.05, 4.69) is 10.6 Å². The van der Waals surface area contributed by atoms with Crippen molar-refractivity contribution in [3.05, 3.63) is 0 Å². The molecule has 0 radical (unpaired) electrons. The van der Waals surface area contributed by atoms with Crippen LogP contribution in [0.2, 0.25) is 0 Å². The minimum Gasteiger partial charge on any atom is -0.444 e. The average molecular weight is 368 g/mol. The Morgan fingerprint density at radius 3 is 1.50 bits per heavy atom. The number of carbonyl (C=O) groups is 2. The molecule has 0 aromatic heterocycles. The molecule has 0 atom stereocenters. The van der Waals surface area contributed by atoms with Gasteiger partial charge in [0.15, 0.2) is 0 Å². The molecule has 0 aliphatic carbocycles. The van der Waals surface area contributed by atoms with Crippen LogP contribution in [-0.2, 0) is 19.6 Å². The topological polar surface area (TPSA) is 131 Å². The molecule has 142 valence electrons. The van der Waals surface area contributed by atoms with Crippen molar-refractivity contribution in [1.29, 1.82) is 0 Å². The van der Waals surface area contributed by atoms with Crippen LogP contribution >= 0.6 is 0 Å². The monoisotopic (exact) mass is 368 g/mol. The van der Waals surface area contributed by atoms with E-state index >= 15 is 0 Å². The summed E-state index contributed by atoms with van der Waals surface area (Å²) in [5.41, 5.74) is -1.39. The van der Waals surface area contributed by atoms with Crippen molar-refractivity contribution >= 4 is 22.3 Å². The van der Waals surface area contributed by atoms with Crippen LogP contribution in [0.1, 0.15) is 41.5 Å². The van der Waals surface area contributed by atoms with Crippen molar-refractivity contribution < 1.29 is 32.0 Å². The molecule has 3 N–H and O–H groups in total. The molecule has 0 unspecified atom stereocenters. The Labute approximate surface area is 143 Å². The van der Waals surface area contributed by atoms with Crippen molar-refractivity contribution in [1.82, 2.24) is 10.6 Å². The lowest BCUT2D eigenvalue weighted by Crippen LogP contribution is -2.42. The molecule has 0 aromatic rings. The van der Waals surface area contributed by atoms with E-state index in [-0.39, 0.29) is 13.1 Å². The molecule has 2 amide bonds. The van der Waals surface area contributed by atoms with Crippen LogP contribution in [0.15, 0.2) is 0 Å². The summed E-state index contributed by atoms with van der Waals surface area (Å²) in [7, 11) is -4.27. The number of hydrogen-bond acceptors (Lipinski definition) is 6. The third kappa shape index (κ3) is 14.1. The van der Waals surface area contributed by atoms with Crippen molar-refractivity contribution in [3.8, 4) is 0 Å². The maximum absolute atomic E-state index is 11.6. The zero-order valence-corrected chi connectivity index (χ0v) is 15.8. The highest BCUT2D eigenvalue weighted by Crippen LogP contribution is 2.08. The van der Waals surface area contributed by atoms with Gasteiger partial charge in [-0.05, 0) is 41.5 Å². The highest BCUT2D eigenvalue weighted by molar-refractivity contribution is 7.85. The van der Waals surface area contributed by atoms with Crippen molar-refractivity contribution in [2.45, 2.75) is 52.7 Å². The number of amides is 2. The van der Waals surface area contributed by atoms with Crippen LogP contribution in [-0.4, -0.2) is 55.2 Å². The molecular weight excluding hydrogens is 340 g/mol. The first-order chi connectivity index (χ1) is 10.6. The summed E-state index contributed by atoms with van der Waals surface area (Å²) in [4.78, 5) is 23.2. The molecule has 0 aromatic carbocycles. The van der Waals surface area contributed by atoms with Crippen molar-refractivity contribution in [2.24, 2.45) is 5.92 Å². The number of rotatable bonds is 6. The van der Waals surface area contributed by atoms with Gasteiger partial charge >= 0.3 is 12.2 Å². The first kappa shape index (κ1) is 22.4. The lowest BCUT2D eigenvalue weighted by atomic mass is 10.2. The highest BCUT2D eigenvalue weighted by atomic mass is 32.2. The molecule has 0 fully saturated rings. The Hall–Kier alpha value is -1.55. The van der Waals surface area contributed by atoms with Gasteiger partial charge in [0.2, 0.25) is 0 Å². The molecular formula is C14H28N2O7S. The summed E-state index contributed by atoms with van der Waals surface area (Å²) in [5, 5.41) is 4.81. The molecule has 0 saturated carbocycles. The lowest BCUT2D eigenvalue weighted by molar-refractivity contribution is 0.0511. The van der Waals surface area contributed by atoms with Gasteiger partial charge in [-0.1, -0.05) is 0 Å². The zero-order chi connectivity index (χ0) is 19.2. The van der Waals surface area contributed by atoms with Crippen LogP contribution in [0.5, 0.6) is 0 Å². The quantitative estimate of drug-likeness (QED) is 0.606. The van der Waals surface area contributed by atoms with Gasteiger partial charge < -0.3 is 20.1 Å². The van der Waals surface area contributed by atoms with Gasteiger partial charge in [-0.25, -0.2) is 9.59 Å². The lowest BCUT2D eigenvalue weighted by Gasteiger charge is -2.23.